The molecular weight excluding hydrogens is 441 g/mol. The van der Waals surface area contributed by atoms with E-state index in [0.29, 0.717) is 33.6 Å². The van der Waals surface area contributed by atoms with Crippen LogP contribution < -0.4 is 11.0 Å². The van der Waals surface area contributed by atoms with Crippen LogP contribution in [0.3, 0.4) is 0 Å². The third-order valence-corrected chi connectivity index (χ3v) is 5.55. The Hall–Kier alpha value is -3.17. The van der Waals surface area contributed by atoms with Crippen LogP contribution in [-0.4, -0.2) is 31.8 Å². The third-order valence-electron chi connectivity index (χ3n) is 4.38. The molecule has 0 aliphatic rings. The summed E-state index contributed by atoms with van der Waals surface area (Å²) in [6.45, 7) is 0.213. The van der Waals surface area contributed by atoms with Gasteiger partial charge in [-0.15, -0.1) is 5.10 Å². The first-order valence-electron chi connectivity index (χ1n) is 9.39. The van der Waals surface area contributed by atoms with E-state index in [-0.39, 0.29) is 18.3 Å². The standard InChI is InChI=1S/C21H17ClFN5O2S/c22-15-6-4-14(5-7-15)10-11-24-19(29)13-27-21(30)28-18(25-27)8-9-20(26-28)31-17-3-1-2-16(23)12-17/h1-9,12H,10-11,13H2,(H,24,29). The summed E-state index contributed by atoms with van der Waals surface area (Å²) in [6.07, 6.45) is 0.644. The van der Waals surface area contributed by atoms with E-state index in [9.17, 15) is 14.0 Å². The van der Waals surface area contributed by atoms with Crippen LogP contribution in [0.1, 0.15) is 5.56 Å². The summed E-state index contributed by atoms with van der Waals surface area (Å²) in [7, 11) is 0. The highest BCUT2D eigenvalue weighted by molar-refractivity contribution is 7.99. The molecule has 2 heterocycles. The number of halogens is 2. The van der Waals surface area contributed by atoms with Crippen molar-refractivity contribution in [3.05, 3.63) is 87.6 Å². The first kappa shape index (κ1) is 21.1. The van der Waals surface area contributed by atoms with Crippen molar-refractivity contribution < 1.29 is 9.18 Å². The molecule has 0 atom stereocenters. The molecule has 2 aromatic carbocycles. The van der Waals surface area contributed by atoms with Gasteiger partial charge in [0, 0.05) is 16.5 Å². The van der Waals surface area contributed by atoms with Crippen molar-refractivity contribution in [3.8, 4) is 0 Å². The minimum atomic E-state index is -0.524. The predicted octanol–water partition coefficient (Wildman–Crippen LogP) is 3.19. The molecule has 4 aromatic rings. The quantitative estimate of drug-likeness (QED) is 0.461. The Morgan fingerprint density at radius 2 is 1.90 bits per heavy atom. The molecule has 0 spiro atoms. The Morgan fingerprint density at radius 3 is 2.68 bits per heavy atom. The molecule has 2 aromatic heterocycles. The van der Waals surface area contributed by atoms with Gasteiger partial charge >= 0.3 is 5.69 Å². The number of hydrogen-bond acceptors (Lipinski definition) is 5. The van der Waals surface area contributed by atoms with Gasteiger partial charge in [0.05, 0.1) is 0 Å². The lowest BCUT2D eigenvalue weighted by Crippen LogP contribution is -2.34. The highest BCUT2D eigenvalue weighted by atomic mass is 35.5. The number of carbonyl (C=O) groups excluding carboxylic acids is 1. The SMILES string of the molecule is O=C(Cn1nc2ccc(Sc3cccc(F)c3)nn2c1=O)NCCc1ccc(Cl)cc1. The van der Waals surface area contributed by atoms with Crippen molar-refractivity contribution in [3.63, 3.8) is 0 Å². The lowest BCUT2D eigenvalue weighted by atomic mass is 10.1. The van der Waals surface area contributed by atoms with Gasteiger partial charge < -0.3 is 5.32 Å². The van der Waals surface area contributed by atoms with Gasteiger partial charge in [-0.25, -0.2) is 13.9 Å². The fourth-order valence-electron chi connectivity index (χ4n) is 2.89. The number of carbonyl (C=O) groups is 1. The number of nitrogens with zero attached hydrogens (tertiary/aromatic N) is 4. The Labute approximate surface area is 185 Å². The predicted molar refractivity (Wildman–Crippen MR) is 116 cm³/mol. The van der Waals surface area contributed by atoms with Crippen molar-refractivity contribution in [2.45, 2.75) is 22.9 Å². The summed E-state index contributed by atoms with van der Waals surface area (Å²) in [5.41, 5.74) is 0.842. The highest BCUT2D eigenvalue weighted by Crippen LogP contribution is 2.26. The number of rotatable bonds is 7. The molecular formula is C21H17ClFN5O2S. The third kappa shape index (κ3) is 5.31. The van der Waals surface area contributed by atoms with E-state index in [0.717, 1.165) is 14.8 Å². The van der Waals surface area contributed by atoms with Crippen molar-refractivity contribution in [2.24, 2.45) is 0 Å². The number of benzene rings is 2. The largest absolute Gasteiger partial charge is 0.367 e. The van der Waals surface area contributed by atoms with Gasteiger partial charge in [0.25, 0.3) is 0 Å². The van der Waals surface area contributed by atoms with Gasteiger partial charge in [-0.05, 0) is 54.4 Å². The number of hydrogen-bond donors (Lipinski definition) is 1. The van der Waals surface area contributed by atoms with Crippen molar-refractivity contribution >= 4 is 34.9 Å². The van der Waals surface area contributed by atoms with Crippen LogP contribution in [0.25, 0.3) is 5.65 Å². The second-order valence-corrected chi connectivity index (χ2v) is 8.20. The second kappa shape index (κ2) is 9.32. The zero-order valence-corrected chi connectivity index (χ0v) is 17.7. The summed E-state index contributed by atoms with van der Waals surface area (Å²) < 4.78 is 15.6. The molecule has 10 heteroatoms. The smallest absolute Gasteiger partial charge is 0.354 e. The van der Waals surface area contributed by atoms with E-state index in [4.69, 9.17) is 11.6 Å². The molecule has 0 aliphatic carbocycles. The normalized spacial score (nSPS) is 11.0. The molecule has 0 saturated heterocycles. The van der Waals surface area contributed by atoms with Crippen LogP contribution in [0.2, 0.25) is 5.02 Å². The Kier molecular flexibility index (Phi) is 6.34. The first-order chi connectivity index (χ1) is 15.0. The summed E-state index contributed by atoms with van der Waals surface area (Å²) in [5.74, 6) is -0.674. The molecule has 31 heavy (non-hydrogen) atoms. The zero-order valence-electron chi connectivity index (χ0n) is 16.2. The van der Waals surface area contributed by atoms with Gasteiger partial charge in [-0.3, -0.25) is 4.79 Å². The average Bonchev–Trinajstić information content (AvgIpc) is 3.04. The van der Waals surface area contributed by atoms with Crippen molar-refractivity contribution in [2.75, 3.05) is 6.54 Å². The maximum Gasteiger partial charge on any atom is 0.367 e. The van der Waals surface area contributed by atoms with Gasteiger partial charge in [0.15, 0.2) is 5.65 Å². The van der Waals surface area contributed by atoms with Crippen LogP contribution in [0.15, 0.2) is 75.4 Å². The summed E-state index contributed by atoms with van der Waals surface area (Å²) in [4.78, 5) is 25.5. The van der Waals surface area contributed by atoms with E-state index < -0.39 is 5.69 Å². The topological polar surface area (TPSA) is 81.3 Å². The molecule has 0 bridgehead atoms. The van der Waals surface area contributed by atoms with E-state index in [2.05, 4.69) is 15.5 Å². The zero-order chi connectivity index (χ0) is 21.8. The Balaban J connectivity index is 1.40. The Bertz CT molecular complexity index is 1290. The summed E-state index contributed by atoms with van der Waals surface area (Å²) in [5, 5.41) is 12.3. The van der Waals surface area contributed by atoms with E-state index >= 15 is 0 Å². The van der Waals surface area contributed by atoms with Crippen molar-refractivity contribution in [1.82, 2.24) is 24.7 Å². The van der Waals surface area contributed by atoms with Gasteiger partial charge in [0.1, 0.15) is 17.4 Å². The van der Waals surface area contributed by atoms with Crippen LogP contribution >= 0.6 is 23.4 Å². The van der Waals surface area contributed by atoms with Crippen LogP contribution in [0.5, 0.6) is 0 Å². The number of nitrogens with one attached hydrogen (secondary N) is 1. The lowest BCUT2D eigenvalue weighted by Gasteiger charge is -2.05. The second-order valence-electron chi connectivity index (χ2n) is 6.67. The number of fused-ring (bicyclic) bond motifs is 1. The lowest BCUT2D eigenvalue weighted by molar-refractivity contribution is -0.121. The molecule has 0 radical (unpaired) electrons. The highest BCUT2D eigenvalue weighted by Gasteiger charge is 2.12. The van der Waals surface area contributed by atoms with Gasteiger partial charge in [-0.1, -0.05) is 41.6 Å². The molecule has 158 valence electrons. The number of aromatic nitrogens is 4. The monoisotopic (exact) mass is 457 g/mol. The van der Waals surface area contributed by atoms with Crippen molar-refractivity contribution in [1.29, 1.82) is 0 Å². The van der Waals surface area contributed by atoms with E-state index in [1.165, 1.54) is 23.9 Å². The van der Waals surface area contributed by atoms with E-state index in [1.807, 2.05) is 12.1 Å². The molecule has 7 nitrogen and oxygen atoms in total. The van der Waals surface area contributed by atoms with E-state index in [1.54, 1.807) is 36.4 Å². The molecule has 0 aliphatic heterocycles. The fraction of sp³-hybridized carbons (Fsp3) is 0.143. The minimum absolute atomic E-state index is 0.213. The first-order valence-corrected chi connectivity index (χ1v) is 10.6. The maximum atomic E-state index is 13.4. The molecule has 0 fully saturated rings. The molecule has 4 rings (SSSR count). The molecule has 1 N–H and O–H groups in total. The Morgan fingerprint density at radius 1 is 1.10 bits per heavy atom. The van der Waals surface area contributed by atoms with Crippen LogP contribution in [0.4, 0.5) is 4.39 Å². The van der Waals surface area contributed by atoms with Crippen LogP contribution in [-0.2, 0) is 17.8 Å². The van der Waals surface area contributed by atoms with Gasteiger partial charge in [0.2, 0.25) is 5.91 Å². The molecule has 0 saturated carbocycles. The maximum absolute atomic E-state index is 13.4. The molecule has 1 amide bonds. The average molecular weight is 458 g/mol. The number of amides is 1. The van der Waals surface area contributed by atoms with Crippen LogP contribution in [0, 0.1) is 5.82 Å². The minimum Gasteiger partial charge on any atom is -0.354 e. The molecule has 0 unspecified atom stereocenters. The van der Waals surface area contributed by atoms with Gasteiger partial charge in [-0.2, -0.15) is 9.61 Å². The summed E-state index contributed by atoms with van der Waals surface area (Å²) in [6, 6.07) is 16.8. The summed E-state index contributed by atoms with van der Waals surface area (Å²) >= 11 is 7.08. The fourth-order valence-corrected chi connectivity index (χ4v) is 3.83.